The van der Waals surface area contributed by atoms with Crippen LogP contribution in [0.25, 0.3) is 0 Å². The third kappa shape index (κ3) is 4.81. The Morgan fingerprint density at radius 3 is 2.65 bits per heavy atom. The third-order valence-electron chi connectivity index (χ3n) is 2.40. The van der Waals surface area contributed by atoms with E-state index in [0.29, 0.717) is 6.61 Å². The second-order valence-electron chi connectivity index (χ2n) is 3.82. The van der Waals surface area contributed by atoms with Crippen molar-refractivity contribution in [2.45, 2.75) is 19.1 Å². The van der Waals surface area contributed by atoms with Crippen molar-refractivity contribution in [1.29, 1.82) is 0 Å². The van der Waals surface area contributed by atoms with Gasteiger partial charge in [-0.3, -0.25) is 0 Å². The molecule has 0 N–H and O–H groups in total. The van der Waals surface area contributed by atoms with E-state index < -0.39 is 0 Å². The van der Waals surface area contributed by atoms with Gasteiger partial charge in [-0.2, -0.15) is 0 Å². The van der Waals surface area contributed by atoms with Gasteiger partial charge in [-0.1, -0.05) is 34.7 Å². The van der Waals surface area contributed by atoms with Crippen LogP contribution in [0.2, 0.25) is 0 Å². The maximum atomic E-state index is 5.94. The molecule has 0 bridgehead atoms. The number of halogens is 1. The summed E-state index contributed by atoms with van der Waals surface area (Å²) in [7, 11) is 3.36. The van der Waals surface area contributed by atoms with E-state index in [0.717, 1.165) is 15.7 Å². The molecule has 0 aliphatic heterocycles. The quantitative estimate of drug-likeness (QED) is 0.558. The Labute approximate surface area is 117 Å². The van der Waals surface area contributed by atoms with Gasteiger partial charge in [-0.25, -0.2) is 0 Å². The molecule has 0 aromatic heterocycles. The van der Waals surface area contributed by atoms with Crippen molar-refractivity contribution in [2.24, 2.45) is 0 Å². The second kappa shape index (κ2) is 7.89. The smallest absolute Gasteiger partial charge is 0.119 e. The fraction of sp³-hybridized carbons (Fsp3) is 0.538. The van der Waals surface area contributed by atoms with Crippen LogP contribution in [0.15, 0.2) is 24.3 Å². The number of hydrogen-bond acceptors (Lipinski definition) is 3. The minimum atomic E-state index is 0.0795. The lowest BCUT2D eigenvalue weighted by Crippen LogP contribution is -2.19. The minimum Gasteiger partial charge on any atom is -0.497 e. The Hall–Kier alpha value is -0.330. The van der Waals surface area contributed by atoms with Crippen LogP contribution >= 0.6 is 22.6 Å². The van der Waals surface area contributed by atoms with E-state index in [-0.39, 0.29) is 12.2 Å². The SMILES string of the molecule is COCC(C)OC(CI)c1cccc(OC)c1. The fourth-order valence-corrected chi connectivity index (χ4v) is 2.32. The van der Waals surface area contributed by atoms with Crippen molar-refractivity contribution in [3.63, 3.8) is 0 Å². The Morgan fingerprint density at radius 1 is 1.29 bits per heavy atom. The van der Waals surface area contributed by atoms with E-state index in [1.54, 1.807) is 14.2 Å². The number of methoxy groups -OCH3 is 2. The molecule has 0 radical (unpaired) electrons. The monoisotopic (exact) mass is 350 g/mol. The molecular weight excluding hydrogens is 331 g/mol. The summed E-state index contributed by atoms with van der Waals surface area (Å²) in [5, 5.41) is 0. The first kappa shape index (κ1) is 14.7. The van der Waals surface area contributed by atoms with Crippen molar-refractivity contribution < 1.29 is 14.2 Å². The summed E-state index contributed by atoms with van der Waals surface area (Å²) in [5.41, 5.74) is 1.14. The van der Waals surface area contributed by atoms with Gasteiger partial charge in [-0.15, -0.1) is 0 Å². The summed E-state index contributed by atoms with van der Waals surface area (Å²) in [6.07, 6.45) is 0.168. The van der Waals surface area contributed by atoms with Gasteiger partial charge in [0, 0.05) is 11.5 Å². The van der Waals surface area contributed by atoms with Crippen molar-refractivity contribution in [3.05, 3.63) is 29.8 Å². The molecule has 0 spiro atoms. The first-order valence-electron chi connectivity index (χ1n) is 5.55. The van der Waals surface area contributed by atoms with E-state index in [9.17, 15) is 0 Å². The number of alkyl halides is 1. The highest BCUT2D eigenvalue weighted by atomic mass is 127. The molecule has 0 fully saturated rings. The Morgan fingerprint density at radius 2 is 2.06 bits per heavy atom. The Kier molecular flexibility index (Phi) is 6.84. The Bertz CT molecular complexity index is 330. The van der Waals surface area contributed by atoms with Gasteiger partial charge in [0.1, 0.15) is 5.75 Å². The summed E-state index contributed by atoms with van der Waals surface area (Å²) in [6.45, 7) is 2.63. The predicted molar refractivity (Wildman–Crippen MR) is 77.0 cm³/mol. The molecule has 1 aromatic carbocycles. The third-order valence-corrected chi connectivity index (χ3v) is 3.20. The van der Waals surface area contributed by atoms with Crippen molar-refractivity contribution in [1.82, 2.24) is 0 Å². The highest BCUT2D eigenvalue weighted by Gasteiger charge is 2.15. The van der Waals surface area contributed by atoms with E-state index in [1.165, 1.54) is 0 Å². The zero-order valence-corrected chi connectivity index (χ0v) is 12.6. The van der Waals surface area contributed by atoms with E-state index in [1.807, 2.05) is 25.1 Å². The van der Waals surface area contributed by atoms with Crippen LogP contribution in [-0.4, -0.2) is 31.4 Å². The van der Waals surface area contributed by atoms with Crippen LogP contribution < -0.4 is 4.74 Å². The van der Waals surface area contributed by atoms with Crippen LogP contribution in [-0.2, 0) is 9.47 Å². The molecule has 1 aromatic rings. The van der Waals surface area contributed by atoms with Crippen molar-refractivity contribution in [3.8, 4) is 5.75 Å². The zero-order valence-electron chi connectivity index (χ0n) is 10.5. The molecule has 96 valence electrons. The zero-order chi connectivity index (χ0) is 12.7. The molecule has 0 heterocycles. The summed E-state index contributed by atoms with van der Waals surface area (Å²) >= 11 is 2.33. The van der Waals surface area contributed by atoms with Gasteiger partial charge in [0.2, 0.25) is 0 Å². The molecule has 2 atom stereocenters. The van der Waals surface area contributed by atoms with E-state index >= 15 is 0 Å². The molecule has 17 heavy (non-hydrogen) atoms. The predicted octanol–water partition coefficient (Wildman–Crippen LogP) is 3.22. The molecule has 4 heteroatoms. The van der Waals surface area contributed by atoms with Crippen LogP contribution in [0.4, 0.5) is 0 Å². The number of benzene rings is 1. The number of hydrogen-bond donors (Lipinski definition) is 0. The summed E-state index contributed by atoms with van der Waals surface area (Å²) in [6, 6.07) is 8.00. The summed E-state index contributed by atoms with van der Waals surface area (Å²) < 4.78 is 17.1. The van der Waals surface area contributed by atoms with Gasteiger partial charge in [0.15, 0.2) is 0 Å². The second-order valence-corrected chi connectivity index (χ2v) is 4.70. The maximum absolute atomic E-state index is 5.94. The molecule has 2 unspecified atom stereocenters. The van der Waals surface area contributed by atoms with Crippen LogP contribution in [0, 0.1) is 0 Å². The highest BCUT2D eigenvalue weighted by Crippen LogP contribution is 2.25. The van der Waals surface area contributed by atoms with E-state index in [2.05, 4.69) is 28.7 Å². The maximum Gasteiger partial charge on any atom is 0.119 e. The average Bonchev–Trinajstić information content (AvgIpc) is 2.36. The van der Waals surface area contributed by atoms with Crippen molar-refractivity contribution >= 4 is 22.6 Å². The van der Waals surface area contributed by atoms with Crippen LogP contribution in [0.3, 0.4) is 0 Å². The molecule has 1 rings (SSSR count). The molecule has 0 saturated heterocycles. The molecule has 0 amide bonds. The lowest BCUT2D eigenvalue weighted by molar-refractivity contribution is -0.0292. The molecule has 0 saturated carbocycles. The standard InChI is InChI=1S/C13H19IO3/c1-10(9-15-2)17-13(8-14)11-5-4-6-12(7-11)16-3/h4-7,10,13H,8-9H2,1-3H3. The van der Waals surface area contributed by atoms with Crippen LogP contribution in [0.5, 0.6) is 5.75 Å². The average molecular weight is 350 g/mol. The minimum absolute atomic E-state index is 0.0795. The number of rotatable bonds is 7. The molecular formula is C13H19IO3. The Balaban J connectivity index is 2.71. The first-order chi connectivity index (χ1) is 8.21. The largest absolute Gasteiger partial charge is 0.497 e. The van der Waals surface area contributed by atoms with Gasteiger partial charge in [0.05, 0.1) is 25.9 Å². The lowest BCUT2D eigenvalue weighted by atomic mass is 10.1. The molecule has 0 aliphatic rings. The van der Waals surface area contributed by atoms with Gasteiger partial charge in [0.25, 0.3) is 0 Å². The highest BCUT2D eigenvalue weighted by molar-refractivity contribution is 14.1. The molecule has 3 nitrogen and oxygen atoms in total. The lowest BCUT2D eigenvalue weighted by Gasteiger charge is -2.21. The summed E-state index contributed by atoms with van der Waals surface area (Å²) in [4.78, 5) is 0. The van der Waals surface area contributed by atoms with Crippen molar-refractivity contribution in [2.75, 3.05) is 25.3 Å². The van der Waals surface area contributed by atoms with Gasteiger partial charge < -0.3 is 14.2 Å². The fourth-order valence-electron chi connectivity index (χ4n) is 1.60. The van der Waals surface area contributed by atoms with Gasteiger partial charge in [-0.05, 0) is 24.6 Å². The first-order valence-corrected chi connectivity index (χ1v) is 7.08. The van der Waals surface area contributed by atoms with Gasteiger partial charge >= 0.3 is 0 Å². The topological polar surface area (TPSA) is 27.7 Å². The van der Waals surface area contributed by atoms with E-state index in [4.69, 9.17) is 14.2 Å². The van der Waals surface area contributed by atoms with Crippen LogP contribution in [0.1, 0.15) is 18.6 Å². The number of ether oxygens (including phenoxy) is 3. The normalized spacial score (nSPS) is 14.4. The molecule has 0 aliphatic carbocycles. The summed E-state index contributed by atoms with van der Waals surface area (Å²) in [5.74, 6) is 0.861.